The highest BCUT2D eigenvalue weighted by molar-refractivity contribution is 5.75. The number of benzene rings is 1. The molecule has 0 aliphatic heterocycles. The summed E-state index contributed by atoms with van der Waals surface area (Å²) in [7, 11) is 1.62. The fourth-order valence-electron chi connectivity index (χ4n) is 2.35. The van der Waals surface area contributed by atoms with Gasteiger partial charge in [-0.2, -0.15) is 0 Å². The van der Waals surface area contributed by atoms with Crippen LogP contribution >= 0.6 is 0 Å². The lowest BCUT2D eigenvalue weighted by Gasteiger charge is -2.22. The van der Waals surface area contributed by atoms with Gasteiger partial charge < -0.3 is 15.0 Å². The molecule has 8 nitrogen and oxygen atoms in total. The molecule has 0 unspecified atom stereocenters. The molecule has 2 rings (SSSR count). The van der Waals surface area contributed by atoms with Crippen molar-refractivity contribution in [1.82, 2.24) is 9.97 Å². The Morgan fingerprint density at radius 1 is 1.29 bits per heavy atom. The molecule has 0 amide bonds. The highest BCUT2D eigenvalue weighted by atomic mass is 16.6. The smallest absolute Gasteiger partial charge is 0.353 e. The van der Waals surface area contributed by atoms with Crippen LogP contribution in [0.4, 0.5) is 23.0 Å². The van der Waals surface area contributed by atoms with E-state index in [-0.39, 0.29) is 17.3 Å². The Labute approximate surface area is 140 Å². The summed E-state index contributed by atoms with van der Waals surface area (Å²) < 4.78 is 4.98. The predicted octanol–water partition coefficient (Wildman–Crippen LogP) is 2.99. The molecule has 0 radical (unpaired) electrons. The molecule has 1 aromatic carbocycles. The van der Waals surface area contributed by atoms with Crippen molar-refractivity contribution in [2.45, 2.75) is 13.3 Å². The lowest BCUT2D eigenvalue weighted by molar-refractivity contribution is -0.383. The fraction of sp³-hybridized carbons (Fsp3) is 0.375. The molecular formula is C16H21N5O3. The van der Waals surface area contributed by atoms with Gasteiger partial charge in [-0.3, -0.25) is 10.1 Å². The zero-order valence-electron chi connectivity index (χ0n) is 13.8. The summed E-state index contributed by atoms with van der Waals surface area (Å²) in [5.74, 6) is 0.494. The number of hydrogen-bond donors (Lipinski definition) is 1. The van der Waals surface area contributed by atoms with Crippen LogP contribution in [0.5, 0.6) is 0 Å². The first-order valence-corrected chi connectivity index (χ1v) is 7.73. The number of ether oxygens (including phenoxy) is 1. The monoisotopic (exact) mass is 331 g/mol. The minimum absolute atomic E-state index is 0.124. The van der Waals surface area contributed by atoms with Gasteiger partial charge >= 0.3 is 5.69 Å². The Kier molecular flexibility index (Phi) is 6.44. The zero-order valence-corrected chi connectivity index (χ0v) is 13.8. The average Bonchev–Trinajstić information content (AvgIpc) is 2.60. The van der Waals surface area contributed by atoms with Crippen LogP contribution in [0, 0.1) is 10.1 Å². The molecule has 0 aliphatic rings. The molecule has 0 saturated heterocycles. The molecule has 0 bridgehead atoms. The van der Waals surface area contributed by atoms with Crippen LogP contribution < -0.4 is 10.2 Å². The summed E-state index contributed by atoms with van der Waals surface area (Å²) in [5.41, 5.74) is 0.716. The summed E-state index contributed by atoms with van der Waals surface area (Å²) in [4.78, 5) is 21.2. The van der Waals surface area contributed by atoms with Crippen molar-refractivity contribution in [2.75, 3.05) is 37.0 Å². The summed E-state index contributed by atoms with van der Waals surface area (Å²) in [5, 5.41) is 14.6. The molecule has 0 aliphatic carbocycles. The van der Waals surface area contributed by atoms with Crippen molar-refractivity contribution < 1.29 is 9.66 Å². The summed E-state index contributed by atoms with van der Waals surface area (Å²) in [6, 6.07) is 9.44. The molecule has 0 saturated carbocycles. The number of aromatic nitrogens is 2. The van der Waals surface area contributed by atoms with Crippen molar-refractivity contribution in [1.29, 1.82) is 0 Å². The first-order valence-electron chi connectivity index (χ1n) is 7.73. The van der Waals surface area contributed by atoms with Crippen molar-refractivity contribution in [2.24, 2.45) is 0 Å². The topological polar surface area (TPSA) is 93.4 Å². The number of para-hydroxylation sites is 1. The van der Waals surface area contributed by atoms with E-state index in [1.165, 1.54) is 6.33 Å². The Morgan fingerprint density at radius 3 is 2.67 bits per heavy atom. The molecule has 2 aromatic rings. The lowest BCUT2D eigenvalue weighted by atomic mass is 10.2. The quantitative estimate of drug-likeness (QED) is 0.429. The molecule has 0 fully saturated rings. The zero-order chi connectivity index (χ0) is 17.4. The number of rotatable bonds is 9. The van der Waals surface area contributed by atoms with E-state index in [9.17, 15) is 10.1 Å². The second-order valence-electron chi connectivity index (χ2n) is 5.00. The van der Waals surface area contributed by atoms with Crippen molar-refractivity contribution in [3.63, 3.8) is 0 Å². The second-order valence-corrected chi connectivity index (χ2v) is 5.00. The molecule has 0 spiro atoms. The Morgan fingerprint density at radius 2 is 2.04 bits per heavy atom. The molecule has 1 aromatic heterocycles. The number of hydrogen-bond acceptors (Lipinski definition) is 7. The SMILES string of the molecule is CCN(c1ccccc1)c1ncnc(NCCCOC)c1[N+](=O)[O-]. The first kappa shape index (κ1) is 17.6. The second kappa shape index (κ2) is 8.78. The van der Waals surface area contributed by atoms with Crippen LogP contribution in [-0.2, 0) is 4.74 Å². The Bertz CT molecular complexity index is 666. The number of nitro groups is 1. The Hall–Kier alpha value is -2.74. The fourth-order valence-corrected chi connectivity index (χ4v) is 2.35. The lowest BCUT2D eigenvalue weighted by Crippen LogP contribution is -2.20. The van der Waals surface area contributed by atoms with Crippen molar-refractivity contribution >= 4 is 23.0 Å². The van der Waals surface area contributed by atoms with Gasteiger partial charge in [0.1, 0.15) is 6.33 Å². The number of nitrogens with one attached hydrogen (secondary N) is 1. The molecule has 1 heterocycles. The summed E-state index contributed by atoms with van der Waals surface area (Å²) >= 11 is 0. The minimum Gasteiger partial charge on any atom is -0.385 e. The van der Waals surface area contributed by atoms with E-state index in [1.54, 1.807) is 12.0 Å². The van der Waals surface area contributed by atoms with Crippen LogP contribution in [0.1, 0.15) is 13.3 Å². The number of methoxy groups -OCH3 is 1. The van der Waals surface area contributed by atoms with E-state index in [4.69, 9.17) is 4.74 Å². The number of anilines is 3. The van der Waals surface area contributed by atoms with Gasteiger partial charge in [0.25, 0.3) is 0 Å². The van der Waals surface area contributed by atoms with E-state index >= 15 is 0 Å². The van der Waals surface area contributed by atoms with E-state index in [0.29, 0.717) is 19.7 Å². The standard InChI is InChI=1S/C16H21N5O3/c1-3-20(13-8-5-4-6-9-13)16-14(21(22)23)15(18-12-19-16)17-10-7-11-24-2/h4-6,8-9,12H,3,7,10-11H2,1-2H3,(H,17,18,19). The molecule has 24 heavy (non-hydrogen) atoms. The normalized spacial score (nSPS) is 10.4. The van der Waals surface area contributed by atoms with Gasteiger partial charge in [0.2, 0.25) is 11.6 Å². The molecule has 128 valence electrons. The summed E-state index contributed by atoms with van der Waals surface area (Å²) in [6.07, 6.45) is 2.07. The van der Waals surface area contributed by atoms with E-state index < -0.39 is 4.92 Å². The van der Waals surface area contributed by atoms with Gasteiger partial charge in [0.05, 0.1) is 4.92 Å². The largest absolute Gasteiger partial charge is 0.385 e. The molecule has 0 atom stereocenters. The maximum absolute atomic E-state index is 11.6. The number of nitrogens with zero attached hydrogens (tertiary/aromatic N) is 4. The van der Waals surface area contributed by atoms with Gasteiger partial charge in [-0.05, 0) is 25.5 Å². The van der Waals surface area contributed by atoms with Crippen LogP contribution in [0.25, 0.3) is 0 Å². The van der Waals surface area contributed by atoms with E-state index in [0.717, 1.165) is 12.1 Å². The van der Waals surface area contributed by atoms with Crippen LogP contribution in [0.3, 0.4) is 0 Å². The third kappa shape index (κ3) is 4.17. The highest BCUT2D eigenvalue weighted by Crippen LogP contribution is 2.35. The maximum atomic E-state index is 11.6. The van der Waals surface area contributed by atoms with Crippen LogP contribution in [0.15, 0.2) is 36.7 Å². The molecule has 8 heteroatoms. The van der Waals surface area contributed by atoms with Crippen LogP contribution in [-0.4, -0.2) is 41.7 Å². The molecular weight excluding hydrogens is 310 g/mol. The van der Waals surface area contributed by atoms with Gasteiger partial charge in [0.15, 0.2) is 0 Å². The summed E-state index contributed by atoms with van der Waals surface area (Å²) in [6.45, 7) is 3.57. The van der Waals surface area contributed by atoms with Crippen molar-refractivity contribution in [3.05, 3.63) is 46.8 Å². The van der Waals surface area contributed by atoms with Gasteiger partial charge in [-0.15, -0.1) is 0 Å². The highest BCUT2D eigenvalue weighted by Gasteiger charge is 2.27. The van der Waals surface area contributed by atoms with E-state index in [1.807, 2.05) is 37.3 Å². The van der Waals surface area contributed by atoms with Gasteiger partial charge in [0, 0.05) is 32.5 Å². The minimum atomic E-state index is -0.445. The molecule has 1 N–H and O–H groups in total. The third-order valence-electron chi connectivity index (χ3n) is 3.44. The third-order valence-corrected chi connectivity index (χ3v) is 3.44. The van der Waals surface area contributed by atoms with E-state index in [2.05, 4.69) is 15.3 Å². The first-order chi connectivity index (χ1) is 11.7. The predicted molar refractivity (Wildman–Crippen MR) is 92.8 cm³/mol. The average molecular weight is 331 g/mol. The Balaban J connectivity index is 2.36. The maximum Gasteiger partial charge on any atom is 0.353 e. The van der Waals surface area contributed by atoms with Gasteiger partial charge in [-0.1, -0.05) is 18.2 Å². The van der Waals surface area contributed by atoms with Crippen molar-refractivity contribution in [3.8, 4) is 0 Å². The van der Waals surface area contributed by atoms with Crippen LogP contribution in [0.2, 0.25) is 0 Å². The van der Waals surface area contributed by atoms with Gasteiger partial charge in [-0.25, -0.2) is 9.97 Å².